The van der Waals surface area contributed by atoms with Crippen LogP contribution in [0.5, 0.6) is 0 Å². The van der Waals surface area contributed by atoms with Crippen molar-refractivity contribution in [2.24, 2.45) is 0 Å². The van der Waals surface area contributed by atoms with E-state index in [2.05, 4.69) is 19.2 Å². The lowest BCUT2D eigenvalue weighted by Gasteiger charge is -2.16. The van der Waals surface area contributed by atoms with E-state index in [-0.39, 0.29) is 0 Å². The summed E-state index contributed by atoms with van der Waals surface area (Å²) >= 11 is 0. The Morgan fingerprint density at radius 2 is 1.82 bits per heavy atom. The van der Waals surface area contributed by atoms with Gasteiger partial charge in [0.25, 0.3) is 0 Å². The number of rotatable bonds is 8. The molecule has 1 aliphatic rings. The first-order valence-corrected chi connectivity index (χ1v) is 7.68. The molecule has 0 amide bonds. The van der Waals surface area contributed by atoms with Crippen molar-refractivity contribution in [3.05, 3.63) is 0 Å². The average Bonchev–Trinajstić information content (AvgIpc) is 2.57. The highest BCUT2D eigenvalue weighted by molar-refractivity contribution is 4.64. The number of hydrogen-bond donors (Lipinski definition) is 1. The molecule has 1 unspecified atom stereocenters. The summed E-state index contributed by atoms with van der Waals surface area (Å²) in [6.07, 6.45) is 12.6. The van der Waals surface area contributed by atoms with Crippen molar-refractivity contribution < 1.29 is 4.74 Å². The Morgan fingerprint density at radius 3 is 2.47 bits per heavy atom. The number of hydrogen-bond acceptors (Lipinski definition) is 2. The smallest absolute Gasteiger partial charge is 0.0575 e. The van der Waals surface area contributed by atoms with Crippen LogP contribution in [0.15, 0.2) is 0 Å². The number of unbranched alkanes of at least 4 members (excludes halogenated alkanes) is 1. The lowest BCUT2D eigenvalue weighted by Crippen LogP contribution is -2.25. The summed E-state index contributed by atoms with van der Waals surface area (Å²) in [5.74, 6) is 0. The maximum Gasteiger partial charge on any atom is 0.0575 e. The monoisotopic (exact) mass is 241 g/mol. The highest BCUT2D eigenvalue weighted by Gasteiger charge is 2.11. The molecule has 0 aromatic carbocycles. The number of ether oxygens (including phenoxy) is 1. The summed E-state index contributed by atoms with van der Waals surface area (Å²) in [5, 5.41) is 3.45. The zero-order valence-corrected chi connectivity index (χ0v) is 11.8. The average molecular weight is 241 g/mol. The van der Waals surface area contributed by atoms with Crippen molar-refractivity contribution in [3.8, 4) is 0 Å². The molecule has 0 saturated heterocycles. The molecule has 0 aromatic heterocycles. The van der Waals surface area contributed by atoms with Crippen LogP contribution in [-0.2, 0) is 4.74 Å². The van der Waals surface area contributed by atoms with E-state index in [1.165, 1.54) is 57.8 Å². The van der Waals surface area contributed by atoms with E-state index < -0.39 is 0 Å². The van der Waals surface area contributed by atoms with Gasteiger partial charge in [0.1, 0.15) is 0 Å². The van der Waals surface area contributed by atoms with Gasteiger partial charge in [0.15, 0.2) is 0 Å². The summed E-state index contributed by atoms with van der Waals surface area (Å²) in [5.41, 5.74) is 0. The Labute approximate surface area is 108 Å². The van der Waals surface area contributed by atoms with Crippen molar-refractivity contribution in [1.82, 2.24) is 5.32 Å². The van der Waals surface area contributed by atoms with Crippen LogP contribution in [0, 0.1) is 0 Å². The molecule has 1 N–H and O–H groups in total. The van der Waals surface area contributed by atoms with Crippen LogP contribution in [0.3, 0.4) is 0 Å². The summed E-state index contributed by atoms with van der Waals surface area (Å²) in [4.78, 5) is 0. The van der Waals surface area contributed by atoms with Gasteiger partial charge < -0.3 is 10.1 Å². The Kier molecular flexibility index (Phi) is 8.72. The van der Waals surface area contributed by atoms with Gasteiger partial charge in [-0.25, -0.2) is 0 Å². The maximum atomic E-state index is 5.98. The largest absolute Gasteiger partial charge is 0.378 e. The fourth-order valence-electron chi connectivity index (χ4n) is 2.66. The van der Waals surface area contributed by atoms with E-state index in [9.17, 15) is 0 Å². The summed E-state index contributed by atoms with van der Waals surface area (Å²) in [7, 11) is 0. The van der Waals surface area contributed by atoms with E-state index in [1.54, 1.807) is 0 Å². The molecule has 0 heterocycles. The van der Waals surface area contributed by atoms with Gasteiger partial charge in [-0.1, -0.05) is 32.6 Å². The van der Waals surface area contributed by atoms with Gasteiger partial charge >= 0.3 is 0 Å². The third-order valence-corrected chi connectivity index (χ3v) is 3.74. The molecule has 2 heteroatoms. The Hall–Kier alpha value is -0.0800. The van der Waals surface area contributed by atoms with Gasteiger partial charge in [0, 0.05) is 12.6 Å². The SMILES string of the molecule is CCNC(C)CCCCOC1CCCCCC1. The normalized spacial score (nSPS) is 20.1. The molecule has 1 atom stereocenters. The fraction of sp³-hybridized carbons (Fsp3) is 1.00. The molecule has 1 aliphatic carbocycles. The van der Waals surface area contributed by atoms with Crippen LogP contribution in [0.25, 0.3) is 0 Å². The van der Waals surface area contributed by atoms with E-state index in [0.29, 0.717) is 12.1 Å². The topological polar surface area (TPSA) is 21.3 Å². The first kappa shape index (κ1) is 15.0. The fourth-order valence-corrected chi connectivity index (χ4v) is 2.66. The lowest BCUT2D eigenvalue weighted by atomic mass is 10.1. The lowest BCUT2D eigenvalue weighted by molar-refractivity contribution is 0.0406. The zero-order chi connectivity index (χ0) is 12.3. The van der Waals surface area contributed by atoms with Gasteiger partial charge in [-0.05, 0) is 45.6 Å². The molecule has 1 saturated carbocycles. The molecule has 0 radical (unpaired) electrons. The van der Waals surface area contributed by atoms with Crippen LogP contribution in [-0.4, -0.2) is 25.3 Å². The molecule has 0 spiro atoms. The van der Waals surface area contributed by atoms with Gasteiger partial charge in [-0.2, -0.15) is 0 Å². The third kappa shape index (κ3) is 7.77. The van der Waals surface area contributed by atoms with Crippen molar-refractivity contribution >= 4 is 0 Å². The van der Waals surface area contributed by atoms with Crippen LogP contribution in [0.2, 0.25) is 0 Å². The molecule has 0 aliphatic heterocycles. The molecule has 1 rings (SSSR count). The first-order valence-electron chi connectivity index (χ1n) is 7.68. The van der Waals surface area contributed by atoms with E-state index in [1.807, 2.05) is 0 Å². The molecular formula is C15H31NO. The van der Waals surface area contributed by atoms with Gasteiger partial charge in [-0.3, -0.25) is 0 Å². The number of nitrogens with one attached hydrogen (secondary N) is 1. The molecule has 1 fully saturated rings. The summed E-state index contributed by atoms with van der Waals surface area (Å²) < 4.78 is 5.98. The predicted octanol–water partition coefficient (Wildman–Crippen LogP) is 3.89. The van der Waals surface area contributed by atoms with E-state index in [0.717, 1.165) is 13.2 Å². The second-order valence-electron chi connectivity index (χ2n) is 5.44. The zero-order valence-electron chi connectivity index (χ0n) is 11.8. The molecule has 102 valence electrons. The Morgan fingerprint density at radius 1 is 1.12 bits per heavy atom. The molecule has 2 nitrogen and oxygen atoms in total. The van der Waals surface area contributed by atoms with Crippen molar-refractivity contribution in [2.45, 2.75) is 83.8 Å². The highest BCUT2D eigenvalue weighted by atomic mass is 16.5. The second kappa shape index (κ2) is 9.90. The Bertz CT molecular complexity index is 164. The Balaban J connectivity index is 1.92. The van der Waals surface area contributed by atoms with Crippen LogP contribution >= 0.6 is 0 Å². The van der Waals surface area contributed by atoms with E-state index in [4.69, 9.17) is 4.74 Å². The van der Waals surface area contributed by atoms with Crippen molar-refractivity contribution in [3.63, 3.8) is 0 Å². The van der Waals surface area contributed by atoms with Gasteiger partial charge in [0.05, 0.1) is 6.10 Å². The summed E-state index contributed by atoms with van der Waals surface area (Å²) in [6, 6.07) is 0.665. The van der Waals surface area contributed by atoms with Gasteiger partial charge in [0.2, 0.25) is 0 Å². The minimum absolute atomic E-state index is 0.573. The summed E-state index contributed by atoms with van der Waals surface area (Å²) in [6.45, 7) is 6.50. The highest BCUT2D eigenvalue weighted by Crippen LogP contribution is 2.20. The molecule has 0 bridgehead atoms. The van der Waals surface area contributed by atoms with Crippen molar-refractivity contribution in [2.75, 3.05) is 13.2 Å². The first-order chi connectivity index (χ1) is 8.33. The van der Waals surface area contributed by atoms with Crippen LogP contribution < -0.4 is 5.32 Å². The quantitative estimate of drug-likeness (QED) is 0.514. The third-order valence-electron chi connectivity index (χ3n) is 3.74. The molecular weight excluding hydrogens is 210 g/mol. The van der Waals surface area contributed by atoms with Crippen LogP contribution in [0.1, 0.15) is 71.6 Å². The van der Waals surface area contributed by atoms with Crippen molar-refractivity contribution in [1.29, 1.82) is 0 Å². The maximum absolute atomic E-state index is 5.98. The molecule has 17 heavy (non-hydrogen) atoms. The van der Waals surface area contributed by atoms with E-state index >= 15 is 0 Å². The van der Waals surface area contributed by atoms with Gasteiger partial charge in [-0.15, -0.1) is 0 Å². The second-order valence-corrected chi connectivity index (χ2v) is 5.44. The minimum atomic E-state index is 0.573. The predicted molar refractivity (Wildman–Crippen MR) is 74.4 cm³/mol. The minimum Gasteiger partial charge on any atom is -0.378 e. The standard InChI is InChI=1S/C15H31NO/c1-3-16-14(2)10-8-9-13-17-15-11-6-4-5-7-12-15/h14-16H,3-13H2,1-2H3. The molecule has 0 aromatic rings. The van der Waals surface area contributed by atoms with Crippen LogP contribution in [0.4, 0.5) is 0 Å².